The number of para-hydroxylation sites is 2. The summed E-state index contributed by atoms with van der Waals surface area (Å²) in [5.41, 5.74) is 1.85. The molecule has 0 atom stereocenters. The number of fused-ring (bicyclic) bond motifs is 1. The first-order valence-electron chi connectivity index (χ1n) is 11.5. The Morgan fingerprint density at radius 3 is 2.44 bits per heavy atom. The van der Waals surface area contributed by atoms with Gasteiger partial charge in [-0.2, -0.15) is 0 Å². The standard InChI is InChI=1S/C27H31FN4O2/c1-3-18-31(19-4-2)26(33)20-32-24-15-10-9-14-23(24)30-25(32)16-6-5-11-17-29-27(34)21-12-7-8-13-22(21)28/h3-4,7-10,12-15H,1-2,5-6,11,16-20H2,(H,29,34). The number of aryl methyl sites for hydroxylation is 1. The lowest BCUT2D eigenvalue weighted by molar-refractivity contribution is -0.130. The van der Waals surface area contributed by atoms with Crippen LogP contribution >= 0.6 is 0 Å². The third kappa shape index (κ3) is 6.41. The van der Waals surface area contributed by atoms with Crippen molar-refractivity contribution in [2.24, 2.45) is 0 Å². The highest BCUT2D eigenvalue weighted by Gasteiger charge is 2.17. The molecule has 0 saturated heterocycles. The molecule has 1 aromatic heterocycles. The van der Waals surface area contributed by atoms with Gasteiger partial charge in [0.1, 0.15) is 18.2 Å². The van der Waals surface area contributed by atoms with E-state index < -0.39 is 11.7 Å². The molecule has 0 bridgehead atoms. The molecule has 7 heteroatoms. The molecule has 178 valence electrons. The molecule has 0 aliphatic carbocycles. The number of benzene rings is 2. The van der Waals surface area contributed by atoms with Gasteiger partial charge in [-0.25, -0.2) is 9.37 Å². The van der Waals surface area contributed by atoms with Crippen LogP contribution in [0.1, 0.15) is 35.4 Å². The Morgan fingerprint density at radius 1 is 1.00 bits per heavy atom. The van der Waals surface area contributed by atoms with Crippen molar-refractivity contribution >= 4 is 22.8 Å². The van der Waals surface area contributed by atoms with E-state index in [1.54, 1.807) is 29.2 Å². The highest BCUT2D eigenvalue weighted by atomic mass is 19.1. The minimum absolute atomic E-state index is 0.0138. The molecule has 34 heavy (non-hydrogen) atoms. The van der Waals surface area contributed by atoms with E-state index in [4.69, 9.17) is 4.98 Å². The summed E-state index contributed by atoms with van der Waals surface area (Å²) in [5, 5.41) is 2.77. The zero-order valence-corrected chi connectivity index (χ0v) is 19.4. The van der Waals surface area contributed by atoms with Crippen molar-refractivity contribution in [3.05, 3.63) is 91.0 Å². The first-order valence-corrected chi connectivity index (χ1v) is 11.5. The van der Waals surface area contributed by atoms with Crippen LogP contribution in [-0.2, 0) is 17.8 Å². The summed E-state index contributed by atoms with van der Waals surface area (Å²) in [6, 6.07) is 13.8. The van der Waals surface area contributed by atoms with Crippen molar-refractivity contribution in [2.45, 2.75) is 32.2 Å². The Hall–Kier alpha value is -3.74. The van der Waals surface area contributed by atoms with Gasteiger partial charge >= 0.3 is 0 Å². The maximum atomic E-state index is 13.7. The lowest BCUT2D eigenvalue weighted by atomic mass is 10.1. The number of carbonyl (C=O) groups is 2. The van der Waals surface area contributed by atoms with Gasteiger partial charge in [0.25, 0.3) is 5.91 Å². The third-order valence-electron chi connectivity index (χ3n) is 5.56. The van der Waals surface area contributed by atoms with Crippen LogP contribution in [0.15, 0.2) is 73.8 Å². The van der Waals surface area contributed by atoms with Gasteiger partial charge in [0.15, 0.2) is 0 Å². The number of carbonyl (C=O) groups excluding carboxylic acids is 2. The van der Waals surface area contributed by atoms with E-state index in [0.29, 0.717) is 26.1 Å². The van der Waals surface area contributed by atoms with Crippen LogP contribution in [0.4, 0.5) is 4.39 Å². The van der Waals surface area contributed by atoms with Crippen LogP contribution < -0.4 is 5.32 Å². The molecular weight excluding hydrogens is 431 g/mol. The zero-order valence-electron chi connectivity index (χ0n) is 19.4. The van der Waals surface area contributed by atoms with Crippen molar-refractivity contribution in [3.8, 4) is 0 Å². The van der Waals surface area contributed by atoms with E-state index >= 15 is 0 Å². The fourth-order valence-corrected chi connectivity index (χ4v) is 3.85. The van der Waals surface area contributed by atoms with Crippen molar-refractivity contribution < 1.29 is 14.0 Å². The quantitative estimate of drug-likeness (QED) is 0.300. The van der Waals surface area contributed by atoms with Gasteiger partial charge in [-0.15, -0.1) is 13.2 Å². The molecule has 0 aliphatic heterocycles. The first-order chi connectivity index (χ1) is 16.5. The topological polar surface area (TPSA) is 67.2 Å². The number of nitrogens with one attached hydrogen (secondary N) is 1. The Bertz CT molecular complexity index is 1140. The van der Waals surface area contributed by atoms with Gasteiger partial charge in [-0.1, -0.05) is 42.8 Å². The van der Waals surface area contributed by atoms with Crippen molar-refractivity contribution in [1.29, 1.82) is 0 Å². The van der Waals surface area contributed by atoms with Gasteiger partial charge < -0.3 is 14.8 Å². The average molecular weight is 463 g/mol. The number of nitrogens with zero attached hydrogens (tertiary/aromatic N) is 3. The van der Waals surface area contributed by atoms with Gasteiger partial charge in [-0.05, 0) is 37.1 Å². The third-order valence-corrected chi connectivity index (χ3v) is 5.56. The lowest BCUT2D eigenvalue weighted by Crippen LogP contribution is -2.34. The molecule has 1 N–H and O–H groups in total. The molecule has 0 unspecified atom stereocenters. The minimum Gasteiger partial charge on any atom is -0.352 e. The molecule has 3 aromatic rings. The van der Waals surface area contributed by atoms with Crippen molar-refractivity contribution in [2.75, 3.05) is 19.6 Å². The average Bonchev–Trinajstić information content (AvgIpc) is 3.18. The molecule has 0 aliphatic rings. The summed E-state index contributed by atoms with van der Waals surface area (Å²) < 4.78 is 15.7. The Morgan fingerprint density at radius 2 is 1.71 bits per heavy atom. The van der Waals surface area contributed by atoms with Gasteiger partial charge in [0.2, 0.25) is 5.91 Å². The highest BCUT2D eigenvalue weighted by Crippen LogP contribution is 2.18. The van der Waals surface area contributed by atoms with Crippen LogP contribution in [0.3, 0.4) is 0 Å². The molecule has 0 radical (unpaired) electrons. The van der Waals surface area contributed by atoms with E-state index in [2.05, 4.69) is 18.5 Å². The molecular formula is C27H31FN4O2. The number of rotatable bonds is 13. The summed E-state index contributed by atoms with van der Waals surface area (Å²) in [7, 11) is 0. The number of halogens is 1. The van der Waals surface area contributed by atoms with E-state index in [1.807, 2.05) is 28.8 Å². The summed E-state index contributed by atoms with van der Waals surface area (Å²) in [5.74, 6) is -0.0719. The Balaban J connectivity index is 1.56. The number of imidazole rings is 1. The number of hydrogen-bond acceptors (Lipinski definition) is 3. The molecule has 0 fully saturated rings. The van der Waals surface area contributed by atoms with Gasteiger partial charge in [0, 0.05) is 26.1 Å². The largest absolute Gasteiger partial charge is 0.352 e. The molecule has 3 rings (SSSR count). The second kappa shape index (κ2) is 12.5. The number of unbranched alkanes of at least 4 members (excludes halogenated alkanes) is 2. The number of amides is 2. The smallest absolute Gasteiger partial charge is 0.254 e. The fourth-order valence-electron chi connectivity index (χ4n) is 3.85. The van der Waals surface area contributed by atoms with Gasteiger partial charge in [0.05, 0.1) is 16.6 Å². The SMILES string of the molecule is C=CCN(CC=C)C(=O)Cn1c(CCCCCNC(=O)c2ccccc2F)nc2ccccc21. The molecule has 2 aromatic carbocycles. The van der Waals surface area contributed by atoms with Crippen molar-refractivity contribution in [1.82, 2.24) is 19.8 Å². The normalized spacial score (nSPS) is 10.7. The molecule has 6 nitrogen and oxygen atoms in total. The van der Waals surface area contributed by atoms with E-state index in [9.17, 15) is 14.0 Å². The predicted octanol–water partition coefficient (Wildman–Crippen LogP) is 4.52. The van der Waals surface area contributed by atoms with E-state index in [-0.39, 0.29) is 18.0 Å². The Kier molecular flexibility index (Phi) is 9.14. The highest BCUT2D eigenvalue weighted by molar-refractivity contribution is 5.94. The summed E-state index contributed by atoms with van der Waals surface area (Å²) in [6.07, 6.45) is 6.63. The summed E-state index contributed by atoms with van der Waals surface area (Å²) in [4.78, 5) is 31.5. The van der Waals surface area contributed by atoms with Crippen LogP contribution in [0, 0.1) is 5.82 Å². The zero-order chi connectivity index (χ0) is 24.3. The second-order valence-corrected chi connectivity index (χ2v) is 8.03. The maximum absolute atomic E-state index is 13.7. The molecule has 1 heterocycles. The van der Waals surface area contributed by atoms with Crippen LogP contribution in [0.25, 0.3) is 11.0 Å². The monoisotopic (exact) mass is 462 g/mol. The van der Waals surface area contributed by atoms with Crippen molar-refractivity contribution in [3.63, 3.8) is 0 Å². The number of hydrogen-bond donors (Lipinski definition) is 1. The Labute approximate surface area is 199 Å². The number of aromatic nitrogens is 2. The summed E-state index contributed by atoms with van der Waals surface area (Å²) >= 11 is 0. The maximum Gasteiger partial charge on any atom is 0.254 e. The molecule has 0 saturated carbocycles. The minimum atomic E-state index is -0.520. The van der Waals surface area contributed by atoms with Crippen LogP contribution in [-0.4, -0.2) is 45.9 Å². The van der Waals surface area contributed by atoms with E-state index in [1.165, 1.54) is 12.1 Å². The van der Waals surface area contributed by atoms with E-state index in [0.717, 1.165) is 36.1 Å². The first kappa shape index (κ1) is 24.9. The predicted molar refractivity (Wildman–Crippen MR) is 133 cm³/mol. The molecule has 0 spiro atoms. The van der Waals surface area contributed by atoms with Crippen LogP contribution in [0.5, 0.6) is 0 Å². The van der Waals surface area contributed by atoms with Crippen LogP contribution in [0.2, 0.25) is 0 Å². The summed E-state index contributed by atoms with van der Waals surface area (Å²) in [6.45, 7) is 9.07. The van der Waals surface area contributed by atoms with Gasteiger partial charge in [-0.3, -0.25) is 9.59 Å². The lowest BCUT2D eigenvalue weighted by Gasteiger charge is -2.20. The second-order valence-electron chi connectivity index (χ2n) is 8.03. The fraction of sp³-hybridized carbons (Fsp3) is 0.296. The molecule has 2 amide bonds.